The smallest absolute Gasteiger partial charge is 0.277 e. The van der Waals surface area contributed by atoms with Crippen molar-refractivity contribution in [3.8, 4) is 0 Å². The summed E-state index contributed by atoms with van der Waals surface area (Å²) in [6.45, 7) is 2.41. The van der Waals surface area contributed by atoms with Gasteiger partial charge in [-0.15, -0.1) is 0 Å². The lowest BCUT2D eigenvalue weighted by atomic mass is 10.0. The first-order chi connectivity index (χ1) is 12.4. The monoisotopic (exact) mass is 361 g/mol. The van der Waals surface area contributed by atoms with E-state index < -0.39 is 16.7 Å². The van der Waals surface area contributed by atoms with Crippen LogP contribution in [-0.2, 0) is 9.59 Å². The van der Waals surface area contributed by atoms with Crippen LogP contribution in [0, 0.1) is 10.1 Å². The van der Waals surface area contributed by atoms with Gasteiger partial charge in [0.05, 0.1) is 17.1 Å². The Kier molecular flexibility index (Phi) is 6.46. The number of nitro groups is 1. The van der Waals surface area contributed by atoms with Crippen LogP contribution in [0.5, 0.6) is 0 Å². The van der Waals surface area contributed by atoms with Crippen molar-refractivity contribution in [2.45, 2.75) is 26.2 Å². The molecular formula is C18H23N3O5. The molecule has 0 saturated carbocycles. The van der Waals surface area contributed by atoms with E-state index in [0.717, 1.165) is 19.3 Å². The SMILES string of the molecule is CCCCCN1C(=O)C(c2ccc([N+](=O)[O-])cc2)=C(N(C)CCO)C1=O. The maximum Gasteiger partial charge on any atom is 0.277 e. The minimum absolute atomic E-state index is 0.0869. The topological polar surface area (TPSA) is 104 Å². The Morgan fingerprint density at radius 3 is 2.35 bits per heavy atom. The van der Waals surface area contributed by atoms with Crippen LogP contribution < -0.4 is 0 Å². The zero-order chi connectivity index (χ0) is 19.3. The number of rotatable bonds is 9. The molecular weight excluding hydrogens is 338 g/mol. The summed E-state index contributed by atoms with van der Waals surface area (Å²) in [6.07, 6.45) is 2.60. The molecule has 1 N–H and O–H groups in total. The maximum atomic E-state index is 12.9. The average Bonchev–Trinajstić information content (AvgIpc) is 2.86. The summed E-state index contributed by atoms with van der Waals surface area (Å²) in [7, 11) is 1.64. The van der Waals surface area contributed by atoms with Gasteiger partial charge in [-0.3, -0.25) is 24.6 Å². The number of aliphatic hydroxyl groups is 1. The summed E-state index contributed by atoms with van der Waals surface area (Å²) in [5.74, 6) is -0.796. The molecule has 1 aromatic rings. The molecule has 1 aromatic carbocycles. The van der Waals surface area contributed by atoms with Gasteiger partial charge in [0.25, 0.3) is 17.5 Å². The second kappa shape index (κ2) is 8.57. The van der Waals surface area contributed by atoms with E-state index in [2.05, 4.69) is 0 Å². The minimum Gasteiger partial charge on any atom is -0.395 e. The Balaban J connectivity index is 2.42. The maximum absolute atomic E-state index is 12.9. The molecule has 0 aliphatic carbocycles. The van der Waals surface area contributed by atoms with Crippen molar-refractivity contribution in [1.82, 2.24) is 9.80 Å². The molecule has 8 nitrogen and oxygen atoms in total. The molecule has 26 heavy (non-hydrogen) atoms. The Morgan fingerprint density at radius 2 is 1.81 bits per heavy atom. The molecule has 1 aliphatic heterocycles. The van der Waals surface area contributed by atoms with Gasteiger partial charge in [-0.25, -0.2) is 0 Å². The summed E-state index contributed by atoms with van der Waals surface area (Å²) in [4.78, 5) is 38.8. The van der Waals surface area contributed by atoms with E-state index in [1.54, 1.807) is 11.9 Å². The van der Waals surface area contributed by atoms with Gasteiger partial charge in [0.1, 0.15) is 5.70 Å². The number of carbonyl (C=O) groups excluding carboxylic acids is 2. The Bertz CT molecular complexity index is 727. The number of unbranched alkanes of at least 4 members (excludes halogenated alkanes) is 2. The van der Waals surface area contributed by atoms with E-state index >= 15 is 0 Å². The van der Waals surface area contributed by atoms with Crippen molar-refractivity contribution in [2.75, 3.05) is 26.7 Å². The average molecular weight is 361 g/mol. The van der Waals surface area contributed by atoms with Gasteiger partial charge < -0.3 is 10.0 Å². The first-order valence-electron chi connectivity index (χ1n) is 8.59. The lowest BCUT2D eigenvalue weighted by molar-refractivity contribution is -0.384. The highest BCUT2D eigenvalue weighted by molar-refractivity contribution is 6.35. The number of amides is 2. The molecule has 1 aliphatic rings. The lowest BCUT2D eigenvalue weighted by Gasteiger charge is -2.20. The molecule has 0 aromatic heterocycles. The van der Waals surface area contributed by atoms with Gasteiger partial charge in [-0.2, -0.15) is 0 Å². The van der Waals surface area contributed by atoms with Crippen LogP contribution in [-0.4, -0.2) is 58.4 Å². The number of benzene rings is 1. The summed E-state index contributed by atoms with van der Waals surface area (Å²) >= 11 is 0. The van der Waals surface area contributed by atoms with Crippen molar-refractivity contribution in [2.24, 2.45) is 0 Å². The van der Waals surface area contributed by atoms with Crippen molar-refractivity contribution in [1.29, 1.82) is 0 Å². The third-order valence-corrected chi connectivity index (χ3v) is 4.31. The number of carbonyl (C=O) groups is 2. The van der Waals surface area contributed by atoms with Gasteiger partial charge in [0, 0.05) is 32.3 Å². The van der Waals surface area contributed by atoms with E-state index in [4.69, 9.17) is 0 Å². The fourth-order valence-electron chi connectivity index (χ4n) is 2.91. The minimum atomic E-state index is -0.518. The highest BCUT2D eigenvalue weighted by Gasteiger charge is 2.40. The highest BCUT2D eigenvalue weighted by Crippen LogP contribution is 2.32. The van der Waals surface area contributed by atoms with Crippen LogP contribution >= 0.6 is 0 Å². The van der Waals surface area contributed by atoms with E-state index in [1.165, 1.54) is 29.2 Å². The Labute approximate surface area is 151 Å². The molecule has 1 heterocycles. The first kappa shape index (κ1) is 19.6. The summed E-state index contributed by atoms with van der Waals surface area (Å²) in [5.41, 5.74) is 0.801. The molecule has 0 saturated heterocycles. The fourth-order valence-corrected chi connectivity index (χ4v) is 2.91. The largest absolute Gasteiger partial charge is 0.395 e. The fraction of sp³-hybridized carbons (Fsp3) is 0.444. The molecule has 0 radical (unpaired) electrons. The Morgan fingerprint density at radius 1 is 1.15 bits per heavy atom. The summed E-state index contributed by atoms with van der Waals surface area (Å²) in [6, 6.07) is 5.56. The number of nitro benzene ring substituents is 1. The van der Waals surface area contributed by atoms with Crippen molar-refractivity contribution < 1.29 is 19.6 Å². The number of non-ortho nitro benzene ring substituents is 1. The van der Waals surface area contributed by atoms with Gasteiger partial charge in [-0.1, -0.05) is 19.8 Å². The van der Waals surface area contributed by atoms with Gasteiger partial charge >= 0.3 is 0 Å². The molecule has 140 valence electrons. The predicted octanol–water partition coefficient (Wildman–Crippen LogP) is 1.79. The predicted molar refractivity (Wildman–Crippen MR) is 96.0 cm³/mol. The van der Waals surface area contributed by atoms with Crippen molar-refractivity contribution in [3.05, 3.63) is 45.6 Å². The van der Waals surface area contributed by atoms with Crippen molar-refractivity contribution in [3.63, 3.8) is 0 Å². The van der Waals surface area contributed by atoms with E-state index in [9.17, 15) is 24.8 Å². The molecule has 2 amide bonds. The third kappa shape index (κ3) is 3.91. The number of hydrogen-bond donors (Lipinski definition) is 1. The molecule has 0 unspecified atom stereocenters. The zero-order valence-electron chi connectivity index (χ0n) is 15.0. The van der Waals surface area contributed by atoms with E-state index in [-0.39, 0.29) is 30.1 Å². The second-order valence-electron chi connectivity index (χ2n) is 6.14. The second-order valence-corrected chi connectivity index (χ2v) is 6.14. The quantitative estimate of drug-likeness (QED) is 0.311. The lowest BCUT2D eigenvalue weighted by Crippen LogP contribution is -2.35. The summed E-state index contributed by atoms with van der Waals surface area (Å²) < 4.78 is 0. The van der Waals surface area contributed by atoms with Crippen LogP contribution in [0.4, 0.5) is 5.69 Å². The zero-order valence-corrected chi connectivity index (χ0v) is 15.0. The molecule has 0 spiro atoms. The molecule has 8 heteroatoms. The van der Waals surface area contributed by atoms with Crippen LogP contribution in [0.2, 0.25) is 0 Å². The van der Waals surface area contributed by atoms with E-state index in [1.807, 2.05) is 6.92 Å². The Hall–Kier alpha value is -2.74. The van der Waals surface area contributed by atoms with E-state index in [0.29, 0.717) is 12.1 Å². The molecule has 0 bridgehead atoms. The number of imide groups is 1. The standard InChI is InChI=1S/C18H23N3O5/c1-3-4-5-10-20-17(23)15(16(18(20)24)19(2)11-12-22)13-6-8-14(9-7-13)21(25)26/h6-9,22H,3-5,10-12H2,1-2H3. The molecule has 0 atom stereocenters. The number of likely N-dealkylation sites (N-methyl/N-ethyl adjacent to an activating group) is 1. The molecule has 0 fully saturated rings. The van der Waals surface area contributed by atoms with Gasteiger partial charge in [0.2, 0.25) is 0 Å². The first-order valence-corrected chi connectivity index (χ1v) is 8.59. The van der Waals surface area contributed by atoms with Crippen LogP contribution in [0.1, 0.15) is 31.7 Å². The number of aliphatic hydroxyl groups excluding tert-OH is 1. The number of hydrogen-bond acceptors (Lipinski definition) is 6. The summed E-state index contributed by atoms with van der Waals surface area (Å²) in [5, 5.41) is 20.0. The van der Waals surface area contributed by atoms with Crippen LogP contribution in [0.3, 0.4) is 0 Å². The normalized spacial score (nSPS) is 14.3. The third-order valence-electron chi connectivity index (χ3n) is 4.31. The highest BCUT2D eigenvalue weighted by atomic mass is 16.6. The number of nitrogens with zero attached hydrogens (tertiary/aromatic N) is 3. The van der Waals surface area contributed by atoms with Crippen LogP contribution in [0.15, 0.2) is 30.0 Å². The van der Waals surface area contributed by atoms with Crippen LogP contribution in [0.25, 0.3) is 5.57 Å². The molecule has 2 rings (SSSR count). The van der Waals surface area contributed by atoms with Gasteiger partial charge in [-0.05, 0) is 24.1 Å². The van der Waals surface area contributed by atoms with Gasteiger partial charge in [0.15, 0.2) is 0 Å². The van der Waals surface area contributed by atoms with Crippen molar-refractivity contribution >= 4 is 23.1 Å².